The molecule has 4 nitrogen and oxygen atoms in total. The summed E-state index contributed by atoms with van der Waals surface area (Å²) in [6.07, 6.45) is 3.60. The summed E-state index contributed by atoms with van der Waals surface area (Å²) < 4.78 is 1.87. The number of piperidine rings is 1. The summed E-state index contributed by atoms with van der Waals surface area (Å²) in [4.78, 5) is 0. The third-order valence-corrected chi connectivity index (χ3v) is 2.85. The van der Waals surface area contributed by atoms with Gasteiger partial charge in [-0.1, -0.05) is 0 Å². The maximum absolute atomic E-state index is 10.4. The van der Waals surface area contributed by atoms with Gasteiger partial charge in [0.25, 0.3) is 0 Å². The molecule has 1 unspecified atom stereocenters. The standard InChI is InChI=1S/C10H17N3O/c1-2-13-9(4-7-12-13)10(14)5-3-6-11-8-10/h4,7,11,14H,2-3,5-6,8H2,1H3. The third kappa shape index (κ3) is 1.55. The van der Waals surface area contributed by atoms with E-state index < -0.39 is 5.60 Å². The smallest absolute Gasteiger partial charge is 0.119 e. The highest BCUT2D eigenvalue weighted by Gasteiger charge is 2.33. The first-order chi connectivity index (χ1) is 6.76. The van der Waals surface area contributed by atoms with Gasteiger partial charge in [-0.25, -0.2) is 0 Å². The Morgan fingerprint density at radius 2 is 2.57 bits per heavy atom. The first kappa shape index (κ1) is 9.68. The van der Waals surface area contributed by atoms with Gasteiger partial charge in [0.15, 0.2) is 0 Å². The molecule has 1 aromatic rings. The first-order valence-corrected chi connectivity index (χ1v) is 5.21. The molecule has 2 heterocycles. The molecule has 78 valence electrons. The summed E-state index contributed by atoms with van der Waals surface area (Å²) in [6, 6.07) is 1.91. The van der Waals surface area contributed by atoms with Crippen molar-refractivity contribution in [2.75, 3.05) is 13.1 Å². The molecule has 14 heavy (non-hydrogen) atoms. The molecule has 1 aromatic heterocycles. The summed E-state index contributed by atoms with van der Waals surface area (Å²) in [5, 5.41) is 17.8. The van der Waals surface area contributed by atoms with Crippen LogP contribution in [0.2, 0.25) is 0 Å². The third-order valence-electron chi connectivity index (χ3n) is 2.85. The van der Waals surface area contributed by atoms with Crippen LogP contribution in [0.25, 0.3) is 0 Å². The van der Waals surface area contributed by atoms with Crippen molar-refractivity contribution in [3.63, 3.8) is 0 Å². The second-order valence-corrected chi connectivity index (χ2v) is 3.84. The van der Waals surface area contributed by atoms with Crippen LogP contribution in [0, 0.1) is 0 Å². The molecule has 2 rings (SSSR count). The van der Waals surface area contributed by atoms with Crippen LogP contribution in [0.1, 0.15) is 25.5 Å². The molecular weight excluding hydrogens is 178 g/mol. The molecule has 2 N–H and O–H groups in total. The van der Waals surface area contributed by atoms with Crippen LogP contribution in [-0.4, -0.2) is 28.0 Å². The lowest BCUT2D eigenvalue weighted by Gasteiger charge is -2.32. The van der Waals surface area contributed by atoms with Crippen molar-refractivity contribution in [2.45, 2.75) is 31.9 Å². The van der Waals surface area contributed by atoms with Crippen LogP contribution >= 0.6 is 0 Å². The number of hydrogen-bond acceptors (Lipinski definition) is 3. The number of rotatable bonds is 2. The highest BCUT2D eigenvalue weighted by atomic mass is 16.3. The van der Waals surface area contributed by atoms with Crippen molar-refractivity contribution in [3.8, 4) is 0 Å². The summed E-state index contributed by atoms with van der Waals surface area (Å²) in [5.41, 5.74) is 0.220. The molecule has 0 bridgehead atoms. The van der Waals surface area contributed by atoms with Gasteiger partial charge in [-0.3, -0.25) is 4.68 Å². The van der Waals surface area contributed by atoms with Crippen molar-refractivity contribution in [2.24, 2.45) is 0 Å². The SMILES string of the molecule is CCn1nccc1C1(O)CCCNC1. The van der Waals surface area contributed by atoms with E-state index in [1.165, 1.54) is 0 Å². The van der Waals surface area contributed by atoms with Gasteiger partial charge in [-0.2, -0.15) is 5.10 Å². The van der Waals surface area contributed by atoms with Crippen molar-refractivity contribution >= 4 is 0 Å². The van der Waals surface area contributed by atoms with Crippen LogP contribution in [0.15, 0.2) is 12.3 Å². The van der Waals surface area contributed by atoms with E-state index in [1.807, 2.05) is 17.7 Å². The molecule has 0 saturated carbocycles. The van der Waals surface area contributed by atoms with Gasteiger partial charge >= 0.3 is 0 Å². The lowest BCUT2D eigenvalue weighted by molar-refractivity contribution is 0.00409. The molecule has 0 aliphatic carbocycles. The predicted molar refractivity (Wildman–Crippen MR) is 53.9 cm³/mol. The van der Waals surface area contributed by atoms with Crippen LogP contribution < -0.4 is 5.32 Å². The molecular formula is C10H17N3O. The molecule has 4 heteroatoms. The Morgan fingerprint density at radius 1 is 1.71 bits per heavy atom. The average molecular weight is 195 g/mol. The molecule has 1 fully saturated rings. The highest BCUT2D eigenvalue weighted by Crippen LogP contribution is 2.27. The van der Waals surface area contributed by atoms with Crippen molar-refractivity contribution in [3.05, 3.63) is 18.0 Å². The number of β-amino-alcohol motifs (C(OH)–C–C–N with tert-alkyl or cyclic N) is 1. The van der Waals surface area contributed by atoms with Crippen LogP contribution in [-0.2, 0) is 12.1 Å². The number of nitrogens with zero attached hydrogens (tertiary/aromatic N) is 2. The fourth-order valence-electron chi connectivity index (χ4n) is 2.09. The van der Waals surface area contributed by atoms with E-state index in [0.717, 1.165) is 31.6 Å². The van der Waals surface area contributed by atoms with E-state index in [-0.39, 0.29) is 0 Å². The number of aromatic nitrogens is 2. The second kappa shape index (κ2) is 3.71. The van der Waals surface area contributed by atoms with E-state index in [9.17, 15) is 5.11 Å². The van der Waals surface area contributed by atoms with Crippen molar-refractivity contribution in [1.82, 2.24) is 15.1 Å². The van der Waals surface area contributed by atoms with Gasteiger partial charge in [0.1, 0.15) is 5.60 Å². The zero-order valence-electron chi connectivity index (χ0n) is 8.53. The number of aryl methyl sites for hydroxylation is 1. The molecule has 1 aliphatic rings. The molecule has 0 radical (unpaired) electrons. The van der Waals surface area contributed by atoms with Crippen molar-refractivity contribution < 1.29 is 5.11 Å². The molecule has 1 aliphatic heterocycles. The predicted octanol–water partition coefficient (Wildman–Crippen LogP) is 0.474. The van der Waals surface area contributed by atoms with E-state index in [0.29, 0.717) is 6.54 Å². The quantitative estimate of drug-likeness (QED) is 0.721. The number of hydrogen-bond donors (Lipinski definition) is 2. The molecule has 1 atom stereocenters. The summed E-state index contributed by atoms with van der Waals surface area (Å²) in [5.74, 6) is 0. The minimum absolute atomic E-state index is 0.638. The van der Waals surface area contributed by atoms with E-state index in [1.54, 1.807) is 6.20 Å². The minimum Gasteiger partial charge on any atom is -0.382 e. The lowest BCUT2D eigenvalue weighted by atomic mass is 9.91. The molecule has 0 spiro atoms. The van der Waals surface area contributed by atoms with Crippen LogP contribution in [0.3, 0.4) is 0 Å². The molecule has 0 amide bonds. The summed E-state index contributed by atoms with van der Waals surface area (Å²) in [6.45, 7) is 4.49. The van der Waals surface area contributed by atoms with E-state index >= 15 is 0 Å². The Labute approximate surface area is 83.9 Å². The normalized spacial score (nSPS) is 27.9. The molecule has 0 aromatic carbocycles. The van der Waals surface area contributed by atoms with E-state index in [4.69, 9.17) is 0 Å². The zero-order valence-corrected chi connectivity index (χ0v) is 8.53. The minimum atomic E-state index is -0.717. The largest absolute Gasteiger partial charge is 0.382 e. The maximum Gasteiger partial charge on any atom is 0.119 e. The van der Waals surface area contributed by atoms with Gasteiger partial charge in [-0.15, -0.1) is 0 Å². The Morgan fingerprint density at radius 3 is 3.21 bits per heavy atom. The van der Waals surface area contributed by atoms with Gasteiger partial charge in [0.2, 0.25) is 0 Å². The van der Waals surface area contributed by atoms with Crippen LogP contribution in [0.5, 0.6) is 0 Å². The van der Waals surface area contributed by atoms with Gasteiger partial charge < -0.3 is 10.4 Å². The Kier molecular flexibility index (Phi) is 2.56. The second-order valence-electron chi connectivity index (χ2n) is 3.84. The highest BCUT2D eigenvalue weighted by molar-refractivity contribution is 5.13. The summed E-state index contributed by atoms with van der Waals surface area (Å²) in [7, 11) is 0. The Hall–Kier alpha value is -0.870. The van der Waals surface area contributed by atoms with Gasteiger partial charge in [-0.05, 0) is 32.4 Å². The average Bonchev–Trinajstić information content (AvgIpc) is 2.67. The van der Waals surface area contributed by atoms with Crippen LogP contribution in [0.4, 0.5) is 0 Å². The molecule has 1 saturated heterocycles. The number of aliphatic hydroxyl groups is 1. The fraction of sp³-hybridized carbons (Fsp3) is 0.700. The number of nitrogens with one attached hydrogen (secondary N) is 1. The Balaban J connectivity index is 2.27. The zero-order chi connectivity index (χ0) is 10.0. The summed E-state index contributed by atoms with van der Waals surface area (Å²) >= 11 is 0. The Bertz CT molecular complexity index is 302. The van der Waals surface area contributed by atoms with Gasteiger partial charge in [0.05, 0.1) is 5.69 Å². The fourth-order valence-corrected chi connectivity index (χ4v) is 2.09. The van der Waals surface area contributed by atoms with E-state index in [2.05, 4.69) is 10.4 Å². The van der Waals surface area contributed by atoms with Gasteiger partial charge in [0, 0.05) is 19.3 Å². The first-order valence-electron chi connectivity index (χ1n) is 5.21. The lowest BCUT2D eigenvalue weighted by Crippen LogP contribution is -2.44. The van der Waals surface area contributed by atoms with Crippen molar-refractivity contribution in [1.29, 1.82) is 0 Å². The topological polar surface area (TPSA) is 50.1 Å². The monoisotopic (exact) mass is 195 g/mol. The maximum atomic E-state index is 10.4.